The maximum absolute atomic E-state index is 4.49. The molecule has 0 N–H and O–H groups in total. The summed E-state index contributed by atoms with van der Waals surface area (Å²) in [7, 11) is 2.06. The van der Waals surface area contributed by atoms with Crippen molar-refractivity contribution >= 4 is 11.0 Å². The Hall–Kier alpha value is -2.09. The molecule has 0 fully saturated rings. The van der Waals surface area contributed by atoms with Crippen LogP contribution in [0.3, 0.4) is 0 Å². The van der Waals surface area contributed by atoms with Gasteiger partial charge in [-0.05, 0) is 30.2 Å². The van der Waals surface area contributed by atoms with Crippen molar-refractivity contribution in [3.05, 3.63) is 54.2 Å². The zero-order chi connectivity index (χ0) is 11.8. The molecule has 17 heavy (non-hydrogen) atoms. The van der Waals surface area contributed by atoms with E-state index in [1.165, 1.54) is 22.2 Å². The molecular formula is C15H14N2. The topological polar surface area (TPSA) is 17.8 Å². The Balaban J connectivity index is 2.28. The van der Waals surface area contributed by atoms with Gasteiger partial charge in [0.1, 0.15) is 5.65 Å². The summed E-state index contributed by atoms with van der Waals surface area (Å²) in [5, 5.41) is 1.20. The minimum atomic E-state index is 1.04. The number of hydrogen-bond donors (Lipinski definition) is 0. The fourth-order valence-electron chi connectivity index (χ4n) is 2.22. The number of hydrogen-bond acceptors (Lipinski definition) is 1. The van der Waals surface area contributed by atoms with Gasteiger partial charge in [-0.3, -0.25) is 0 Å². The first kappa shape index (κ1) is 10.1. The summed E-state index contributed by atoms with van der Waals surface area (Å²) in [5.74, 6) is 0. The van der Waals surface area contributed by atoms with Crippen LogP contribution in [0.5, 0.6) is 0 Å². The molecule has 0 radical (unpaired) electrons. The lowest BCUT2D eigenvalue weighted by Gasteiger charge is -2.03. The SMILES string of the molecule is Cc1cnc2c(c1)cc(-c1ccccc1)n2C. The third kappa shape index (κ3) is 1.62. The van der Waals surface area contributed by atoms with Crippen LogP contribution in [0, 0.1) is 6.92 Å². The first-order valence-corrected chi connectivity index (χ1v) is 5.73. The Morgan fingerprint density at radius 2 is 1.82 bits per heavy atom. The van der Waals surface area contributed by atoms with Gasteiger partial charge in [0.05, 0.1) is 5.69 Å². The van der Waals surface area contributed by atoms with Gasteiger partial charge in [0, 0.05) is 18.6 Å². The molecule has 0 bridgehead atoms. The lowest BCUT2D eigenvalue weighted by Crippen LogP contribution is -1.92. The lowest BCUT2D eigenvalue weighted by atomic mass is 10.1. The predicted octanol–water partition coefficient (Wildman–Crippen LogP) is 3.55. The molecule has 2 nitrogen and oxygen atoms in total. The minimum absolute atomic E-state index is 1.04. The van der Waals surface area contributed by atoms with E-state index >= 15 is 0 Å². The van der Waals surface area contributed by atoms with Crippen molar-refractivity contribution in [2.24, 2.45) is 7.05 Å². The molecule has 3 rings (SSSR count). The highest BCUT2D eigenvalue weighted by Crippen LogP contribution is 2.26. The van der Waals surface area contributed by atoms with E-state index in [0.717, 1.165) is 5.65 Å². The molecule has 0 aliphatic heterocycles. The van der Waals surface area contributed by atoms with Crippen LogP contribution in [0.2, 0.25) is 0 Å². The van der Waals surface area contributed by atoms with Gasteiger partial charge in [-0.2, -0.15) is 0 Å². The smallest absolute Gasteiger partial charge is 0.140 e. The van der Waals surface area contributed by atoms with E-state index in [0.29, 0.717) is 0 Å². The number of rotatable bonds is 1. The number of pyridine rings is 1. The summed E-state index contributed by atoms with van der Waals surface area (Å²) in [4.78, 5) is 4.49. The fourth-order valence-corrected chi connectivity index (χ4v) is 2.22. The summed E-state index contributed by atoms with van der Waals surface area (Å²) in [5.41, 5.74) is 4.67. The van der Waals surface area contributed by atoms with Crippen LogP contribution in [0.25, 0.3) is 22.3 Å². The largest absolute Gasteiger partial charge is 0.328 e. The maximum Gasteiger partial charge on any atom is 0.140 e. The second-order valence-corrected chi connectivity index (χ2v) is 4.38. The van der Waals surface area contributed by atoms with Crippen molar-refractivity contribution in [2.45, 2.75) is 6.92 Å². The van der Waals surface area contributed by atoms with Gasteiger partial charge in [0.2, 0.25) is 0 Å². The third-order valence-electron chi connectivity index (χ3n) is 3.07. The van der Waals surface area contributed by atoms with E-state index in [9.17, 15) is 0 Å². The average Bonchev–Trinajstić information content (AvgIpc) is 2.67. The van der Waals surface area contributed by atoms with Crippen LogP contribution in [-0.4, -0.2) is 9.55 Å². The van der Waals surface area contributed by atoms with Crippen LogP contribution in [-0.2, 0) is 7.05 Å². The molecule has 0 aliphatic rings. The standard InChI is InChI=1S/C15H14N2/c1-11-8-13-9-14(12-6-4-3-5-7-12)17(2)15(13)16-10-11/h3-10H,1-2H3. The number of aryl methyl sites for hydroxylation is 2. The summed E-state index contributed by atoms with van der Waals surface area (Å²) in [6, 6.07) is 14.8. The van der Waals surface area contributed by atoms with E-state index in [-0.39, 0.29) is 0 Å². The number of nitrogens with zero attached hydrogens (tertiary/aromatic N) is 2. The Labute approximate surface area is 101 Å². The van der Waals surface area contributed by atoms with Crippen LogP contribution in [0.4, 0.5) is 0 Å². The second kappa shape index (κ2) is 3.74. The van der Waals surface area contributed by atoms with Crippen LogP contribution in [0.15, 0.2) is 48.7 Å². The molecule has 3 aromatic rings. The summed E-state index contributed by atoms with van der Waals surface area (Å²) < 4.78 is 2.14. The summed E-state index contributed by atoms with van der Waals surface area (Å²) in [6.07, 6.45) is 1.91. The van der Waals surface area contributed by atoms with Gasteiger partial charge in [0.15, 0.2) is 0 Å². The molecule has 2 aromatic heterocycles. The van der Waals surface area contributed by atoms with Crippen molar-refractivity contribution < 1.29 is 0 Å². The van der Waals surface area contributed by atoms with Gasteiger partial charge >= 0.3 is 0 Å². The van der Waals surface area contributed by atoms with E-state index in [2.05, 4.69) is 59.9 Å². The predicted molar refractivity (Wildman–Crippen MR) is 70.9 cm³/mol. The molecule has 1 aromatic carbocycles. The zero-order valence-electron chi connectivity index (χ0n) is 10.0. The van der Waals surface area contributed by atoms with Crippen LogP contribution < -0.4 is 0 Å². The molecule has 0 atom stereocenters. The highest BCUT2D eigenvalue weighted by molar-refractivity contribution is 5.84. The molecule has 2 heterocycles. The first-order chi connectivity index (χ1) is 8.25. The molecule has 0 saturated heterocycles. The maximum atomic E-state index is 4.49. The fraction of sp³-hybridized carbons (Fsp3) is 0.133. The Morgan fingerprint density at radius 1 is 1.06 bits per heavy atom. The molecule has 0 saturated carbocycles. The lowest BCUT2D eigenvalue weighted by molar-refractivity contribution is 0.956. The van der Waals surface area contributed by atoms with E-state index in [1.807, 2.05) is 12.3 Å². The second-order valence-electron chi connectivity index (χ2n) is 4.38. The van der Waals surface area contributed by atoms with Gasteiger partial charge in [-0.15, -0.1) is 0 Å². The van der Waals surface area contributed by atoms with Crippen molar-refractivity contribution in [1.82, 2.24) is 9.55 Å². The quantitative estimate of drug-likeness (QED) is 0.615. The van der Waals surface area contributed by atoms with Crippen molar-refractivity contribution in [1.29, 1.82) is 0 Å². The number of benzene rings is 1. The molecule has 0 amide bonds. The molecular weight excluding hydrogens is 208 g/mol. The van der Waals surface area contributed by atoms with Crippen LogP contribution in [0.1, 0.15) is 5.56 Å². The molecule has 0 unspecified atom stereocenters. The van der Waals surface area contributed by atoms with Gasteiger partial charge in [-0.25, -0.2) is 4.98 Å². The molecule has 2 heteroatoms. The third-order valence-corrected chi connectivity index (χ3v) is 3.07. The highest BCUT2D eigenvalue weighted by atomic mass is 15.0. The zero-order valence-corrected chi connectivity index (χ0v) is 10.0. The summed E-state index contributed by atoms with van der Waals surface area (Å²) in [6.45, 7) is 2.07. The number of aromatic nitrogens is 2. The van der Waals surface area contributed by atoms with Gasteiger partial charge in [-0.1, -0.05) is 30.3 Å². The van der Waals surface area contributed by atoms with Crippen molar-refractivity contribution in [2.75, 3.05) is 0 Å². The van der Waals surface area contributed by atoms with E-state index in [4.69, 9.17) is 0 Å². The monoisotopic (exact) mass is 222 g/mol. The Bertz CT molecular complexity index is 666. The minimum Gasteiger partial charge on any atom is -0.328 e. The van der Waals surface area contributed by atoms with Crippen molar-refractivity contribution in [3.63, 3.8) is 0 Å². The molecule has 0 aliphatic carbocycles. The van der Waals surface area contributed by atoms with Crippen molar-refractivity contribution in [3.8, 4) is 11.3 Å². The highest BCUT2D eigenvalue weighted by Gasteiger charge is 2.08. The normalized spacial score (nSPS) is 10.9. The van der Waals surface area contributed by atoms with Gasteiger partial charge < -0.3 is 4.57 Å². The molecule has 0 spiro atoms. The molecule has 84 valence electrons. The Morgan fingerprint density at radius 3 is 2.59 bits per heavy atom. The Kier molecular flexibility index (Phi) is 2.22. The first-order valence-electron chi connectivity index (χ1n) is 5.73. The van der Waals surface area contributed by atoms with E-state index in [1.54, 1.807) is 0 Å². The average molecular weight is 222 g/mol. The van der Waals surface area contributed by atoms with E-state index < -0.39 is 0 Å². The summed E-state index contributed by atoms with van der Waals surface area (Å²) >= 11 is 0. The number of fused-ring (bicyclic) bond motifs is 1. The van der Waals surface area contributed by atoms with Crippen LogP contribution >= 0.6 is 0 Å². The van der Waals surface area contributed by atoms with Gasteiger partial charge in [0.25, 0.3) is 0 Å².